The van der Waals surface area contributed by atoms with Crippen LogP contribution in [0.2, 0.25) is 0 Å². The molecule has 3 aromatic rings. The molecule has 0 aliphatic heterocycles. The van der Waals surface area contributed by atoms with Crippen molar-refractivity contribution in [3.8, 4) is 11.3 Å². The van der Waals surface area contributed by atoms with Crippen LogP contribution in [0.1, 0.15) is 30.5 Å². The Morgan fingerprint density at radius 2 is 1.81 bits per heavy atom. The lowest BCUT2D eigenvalue weighted by Gasteiger charge is -2.22. The molecule has 2 aromatic carbocycles. The maximum atomic E-state index is 12.7. The van der Waals surface area contributed by atoms with Crippen LogP contribution in [0, 0.1) is 19.3 Å². The van der Waals surface area contributed by atoms with E-state index in [9.17, 15) is 4.79 Å². The molecule has 134 valence electrons. The number of carbonyl (C=O) groups is 1. The van der Waals surface area contributed by atoms with Gasteiger partial charge >= 0.3 is 0 Å². The molecule has 1 aromatic heterocycles. The van der Waals surface area contributed by atoms with Crippen molar-refractivity contribution in [1.82, 2.24) is 4.98 Å². The third-order valence-corrected chi connectivity index (χ3v) is 5.39. The Bertz CT molecular complexity index is 913. The first-order chi connectivity index (χ1) is 12.3. The molecule has 3 rings (SSSR count). The zero-order valence-corrected chi connectivity index (χ0v) is 16.5. The second kappa shape index (κ2) is 7.42. The summed E-state index contributed by atoms with van der Waals surface area (Å²) >= 11 is 1.46. The summed E-state index contributed by atoms with van der Waals surface area (Å²) in [5, 5.41) is 5.62. The van der Waals surface area contributed by atoms with Gasteiger partial charge in [-0.15, -0.1) is 11.3 Å². The van der Waals surface area contributed by atoms with Crippen molar-refractivity contribution in [2.24, 2.45) is 5.41 Å². The number of carbonyl (C=O) groups excluding carboxylic acids is 1. The summed E-state index contributed by atoms with van der Waals surface area (Å²) < 4.78 is 0. The predicted octanol–water partition coefficient (Wildman–Crippen LogP) is 5.63. The average molecular weight is 365 g/mol. The summed E-state index contributed by atoms with van der Waals surface area (Å²) in [7, 11) is 0. The number of rotatable bonds is 5. The van der Waals surface area contributed by atoms with E-state index in [0.29, 0.717) is 11.6 Å². The average Bonchev–Trinajstić information content (AvgIpc) is 3.06. The number of benzene rings is 2. The molecule has 1 amide bonds. The first kappa shape index (κ1) is 18.3. The van der Waals surface area contributed by atoms with E-state index in [4.69, 9.17) is 0 Å². The summed E-state index contributed by atoms with van der Waals surface area (Å²) in [5.74, 6) is -0.0117. The van der Waals surface area contributed by atoms with Gasteiger partial charge in [0.15, 0.2) is 5.13 Å². The number of aryl methyl sites for hydroxylation is 2. The van der Waals surface area contributed by atoms with Crippen molar-refractivity contribution >= 4 is 22.4 Å². The van der Waals surface area contributed by atoms with E-state index in [1.165, 1.54) is 22.5 Å². The molecule has 0 spiro atoms. The molecule has 1 N–H and O–H groups in total. The predicted molar refractivity (Wildman–Crippen MR) is 110 cm³/mol. The highest BCUT2D eigenvalue weighted by Crippen LogP contribution is 2.29. The molecule has 0 radical (unpaired) electrons. The molecule has 4 heteroatoms. The number of anilines is 1. The highest BCUT2D eigenvalue weighted by Gasteiger charge is 2.28. The molecule has 0 aliphatic rings. The molecule has 0 fully saturated rings. The highest BCUT2D eigenvalue weighted by atomic mass is 32.1. The Morgan fingerprint density at radius 3 is 2.50 bits per heavy atom. The van der Waals surface area contributed by atoms with Crippen LogP contribution in [-0.4, -0.2) is 10.9 Å². The van der Waals surface area contributed by atoms with E-state index in [0.717, 1.165) is 16.8 Å². The van der Waals surface area contributed by atoms with Crippen molar-refractivity contribution in [2.75, 3.05) is 5.32 Å². The van der Waals surface area contributed by atoms with E-state index < -0.39 is 5.41 Å². The summed E-state index contributed by atoms with van der Waals surface area (Å²) in [6, 6.07) is 16.4. The Hall–Kier alpha value is -2.46. The lowest BCUT2D eigenvalue weighted by atomic mass is 9.85. The summed E-state index contributed by atoms with van der Waals surface area (Å²) in [4.78, 5) is 17.3. The van der Waals surface area contributed by atoms with Gasteiger partial charge in [-0.1, -0.05) is 56.3 Å². The van der Waals surface area contributed by atoms with Gasteiger partial charge < -0.3 is 5.32 Å². The molecular weight excluding hydrogens is 340 g/mol. The highest BCUT2D eigenvalue weighted by molar-refractivity contribution is 7.14. The lowest BCUT2D eigenvalue weighted by molar-refractivity contribution is -0.123. The van der Waals surface area contributed by atoms with Crippen LogP contribution in [0.5, 0.6) is 0 Å². The fraction of sp³-hybridized carbons (Fsp3) is 0.273. The maximum Gasteiger partial charge on any atom is 0.232 e. The van der Waals surface area contributed by atoms with Crippen LogP contribution in [-0.2, 0) is 11.2 Å². The third kappa shape index (κ3) is 4.20. The number of thiazole rings is 1. The monoisotopic (exact) mass is 364 g/mol. The van der Waals surface area contributed by atoms with E-state index >= 15 is 0 Å². The number of nitrogens with zero attached hydrogens (tertiary/aromatic N) is 1. The molecule has 0 atom stereocenters. The quantitative estimate of drug-likeness (QED) is 0.637. The first-order valence-corrected chi connectivity index (χ1v) is 9.62. The molecule has 0 bridgehead atoms. The first-order valence-electron chi connectivity index (χ1n) is 8.74. The maximum absolute atomic E-state index is 12.7. The van der Waals surface area contributed by atoms with Crippen LogP contribution in [0.25, 0.3) is 11.3 Å². The largest absolute Gasteiger partial charge is 0.301 e. The van der Waals surface area contributed by atoms with Crippen molar-refractivity contribution in [3.05, 3.63) is 70.6 Å². The smallest absolute Gasteiger partial charge is 0.232 e. The Morgan fingerprint density at radius 1 is 1.08 bits per heavy atom. The second-order valence-corrected chi connectivity index (χ2v) is 8.20. The normalized spacial score (nSPS) is 11.4. The number of hydrogen-bond acceptors (Lipinski definition) is 3. The number of nitrogens with one attached hydrogen (secondary N) is 1. The van der Waals surface area contributed by atoms with E-state index in [1.54, 1.807) is 0 Å². The van der Waals surface area contributed by atoms with E-state index in [-0.39, 0.29) is 5.91 Å². The number of hydrogen-bond donors (Lipinski definition) is 1. The molecule has 26 heavy (non-hydrogen) atoms. The minimum absolute atomic E-state index is 0.0117. The number of amides is 1. The fourth-order valence-electron chi connectivity index (χ4n) is 2.82. The van der Waals surface area contributed by atoms with Gasteiger partial charge in [0.05, 0.1) is 5.69 Å². The van der Waals surface area contributed by atoms with E-state index in [1.807, 2.05) is 37.4 Å². The van der Waals surface area contributed by atoms with Crippen LogP contribution in [0.4, 0.5) is 5.13 Å². The zero-order chi connectivity index (χ0) is 18.7. The minimum atomic E-state index is -0.506. The van der Waals surface area contributed by atoms with Gasteiger partial charge in [-0.3, -0.25) is 4.79 Å². The van der Waals surface area contributed by atoms with Gasteiger partial charge in [0.1, 0.15) is 0 Å². The van der Waals surface area contributed by atoms with Crippen molar-refractivity contribution < 1.29 is 4.79 Å². The summed E-state index contributed by atoms with van der Waals surface area (Å²) in [6.45, 7) is 8.13. The van der Waals surface area contributed by atoms with Gasteiger partial charge in [-0.05, 0) is 43.0 Å². The Balaban J connectivity index is 1.71. The Kier molecular flexibility index (Phi) is 5.23. The van der Waals surface area contributed by atoms with Crippen LogP contribution in [0.15, 0.2) is 53.9 Å². The van der Waals surface area contributed by atoms with Crippen LogP contribution in [0.3, 0.4) is 0 Å². The third-order valence-electron chi connectivity index (χ3n) is 4.63. The minimum Gasteiger partial charge on any atom is -0.301 e. The lowest BCUT2D eigenvalue weighted by Crippen LogP contribution is -2.32. The van der Waals surface area contributed by atoms with Crippen molar-refractivity contribution in [3.63, 3.8) is 0 Å². The molecule has 3 nitrogen and oxygen atoms in total. The van der Waals surface area contributed by atoms with Gasteiger partial charge in [0.25, 0.3) is 0 Å². The Labute approximate surface area is 159 Å². The van der Waals surface area contributed by atoms with Gasteiger partial charge in [0.2, 0.25) is 5.91 Å². The molecule has 0 saturated carbocycles. The molecule has 1 heterocycles. The number of aromatic nitrogens is 1. The standard InChI is InChI=1S/C22H24N2OS/c1-15-10-11-18(12-16(15)2)19-14-26-21(23-19)24-20(25)22(3,4)13-17-8-6-5-7-9-17/h5-12,14H,13H2,1-4H3,(H,23,24,25). The molecular formula is C22H24N2OS. The fourth-order valence-corrected chi connectivity index (χ4v) is 3.53. The van der Waals surface area contributed by atoms with Gasteiger partial charge in [0, 0.05) is 16.4 Å². The SMILES string of the molecule is Cc1ccc(-c2csc(NC(=O)C(C)(C)Cc3ccccc3)n2)cc1C. The molecule has 0 aliphatic carbocycles. The second-order valence-electron chi connectivity index (χ2n) is 7.34. The summed E-state index contributed by atoms with van der Waals surface area (Å²) in [5.41, 5.74) is 5.13. The van der Waals surface area contributed by atoms with E-state index in [2.05, 4.69) is 54.5 Å². The van der Waals surface area contributed by atoms with Gasteiger partial charge in [-0.2, -0.15) is 0 Å². The van der Waals surface area contributed by atoms with Crippen molar-refractivity contribution in [2.45, 2.75) is 34.1 Å². The molecule has 0 saturated heterocycles. The van der Waals surface area contributed by atoms with Gasteiger partial charge in [-0.25, -0.2) is 4.98 Å². The van der Waals surface area contributed by atoms with Crippen LogP contribution < -0.4 is 5.32 Å². The summed E-state index contributed by atoms with van der Waals surface area (Å²) in [6.07, 6.45) is 0.690. The zero-order valence-electron chi connectivity index (χ0n) is 15.7. The molecule has 0 unspecified atom stereocenters. The topological polar surface area (TPSA) is 42.0 Å². The van der Waals surface area contributed by atoms with Crippen LogP contribution >= 0.6 is 11.3 Å². The van der Waals surface area contributed by atoms with Crippen molar-refractivity contribution in [1.29, 1.82) is 0 Å².